The molecule has 1 amide bonds. The van der Waals surface area contributed by atoms with E-state index in [1.807, 2.05) is 0 Å². The van der Waals surface area contributed by atoms with Gasteiger partial charge in [0.25, 0.3) is 5.91 Å². The highest BCUT2D eigenvalue weighted by Gasteiger charge is 2.18. The minimum atomic E-state index is -3.69. The van der Waals surface area contributed by atoms with Gasteiger partial charge in [0.1, 0.15) is 15.0 Å². The molecule has 3 aromatic rings. The maximum atomic E-state index is 12.2. The number of nitrogens with one attached hydrogen (secondary N) is 2. The summed E-state index contributed by atoms with van der Waals surface area (Å²) in [6, 6.07) is 9.74. The smallest absolute Gasteiger partial charge is 0.286 e. The van der Waals surface area contributed by atoms with Gasteiger partial charge in [-0.15, -0.1) is 21.5 Å². The minimum absolute atomic E-state index is 0.0780. The van der Waals surface area contributed by atoms with E-state index in [1.54, 1.807) is 31.4 Å². The quantitative estimate of drug-likeness (QED) is 0.579. The highest BCUT2D eigenvalue weighted by Crippen LogP contribution is 2.25. The molecule has 2 heterocycles. The van der Waals surface area contributed by atoms with Gasteiger partial charge < -0.3 is 10.1 Å². The van der Waals surface area contributed by atoms with E-state index in [9.17, 15) is 13.2 Å². The first-order valence-corrected chi connectivity index (χ1v) is 10.9. The molecule has 0 spiro atoms. The number of thiophene rings is 1. The number of aromatic nitrogens is 2. The fourth-order valence-corrected chi connectivity index (χ4v) is 5.23. The zero-order valence-electron chi connectivity index (χ0n) is 13.8. The molecule has 0 atom stereocenters. The van der Waals surface area contributed by atoms with Crippen molar-refractivity contribution in [1.82, 2.24) is 14.9 Å². The lowest BCUT2D eigenvalue weighted by Crippen LogP contribution is -2.22. The summed E-state index contributed by atoms with van der Waals surface area (Å²) in [4.78, 5) is 12.2. The van der Waals surface area contributed by atoms with Crippen LogP contribution in [0.15, 0.2) is 40.6 Å². The normalized spacial score (nSPS) is 11.3. The molecule has 0 fully saturated rings. The number of ether oxygens (including phenoxy) is 1. The largest absolute Gasteiger partial charge is 0.497 e. The molecule has 8 nitrogen and oxygen atoms in total. The molecule has 0 aliphatic carbocycles. The van der Waals surface area contributed by atoms with E-state index in [1.165, 1.54) is 12.1 Å². The second-order valence-electron chi connectivity index (χ2n) is 5.07. The number of halogens is 1. The van der Waals surface area contributed by atoms with Crippen molar-refractivity contribution in [2.75, 3.05) is 12.4 Å². The number of anilines is 1. The molecule has 0 radical (unpaired) electrons. The second kappa shape index (κ2) is 8.31. The van der Waals surface area contributed by atoms with Crippen LogP contribution in [0.3, 0.4) is 0 Å². The first-order valence-electron chi connectivity index (χ1n) is 7.40. The molecule has 0 saturated heterocycles. The summed E-state index contributed by atoms with van der Waals surface area (Å²) in [6.45, 7) is -0.0780. The molecule has 1 aromatic carbocycles. The monoisotopic (exact) mass is 444 g/mol. The van der Waals surface area contributed by atoms with Crippen LogP contribution in [0.4, 0.5) is 5.69 Å². The number of methoxy groups -OCH3 is 1. The minimum Gasteiger partial charge on any atom is -0.497 e. The topological polar surface area (TPSA) is 110 Å². The van der Waals surface area contributed by atoms with Crippen molar-refractivity contribution in [2.24, 2.45) is 0 Å². The molecular formula is C15H13ClN4O4S3. The zero-order chi connectivity index (χ0) is 19.4. The lowest BCUT2D eigenvalue weighted by Gasteiger charge is -2.04. The zero-order valence-corrected chi connectivity index (χ0v) is 17.0. The van der Waals surface area contributed by atoms with E-state index >= 15 is 0 Å². The number of carbonyl (C=O) groups is 1. The fraction of sp³-hybridized carbons (Fsp3) is 0.133. The third-order valence-electron chi connectivity index (χ3n) is 3.24. The van der Waals surface area contributed by atoms with E-state index in [-0.39, 0.29) is 15.8 Å². The van der Waals surface area contributed by atoms with Crippen LogP contribution < -0.4 is 14.8 Å². The Hall–Kier alpha value is -2.05. The first-order chi connectivity index (χ1) is 12.9. The molecule has 2 aromatic heterocycles. The van der Waals surface area contributed by atoms with Crippen LogP contribution in [0.2, 0.25) is 4.34 Å². The third kappa shape index (κ3) is 5.02. The van der Waals surface area contributed by atoms with Gasteiger partial charge in [0.15, 0.2) is 0 Å². The van der Waals surface area contributed by atoms with E-state index in [0.29, 0.717) is 20.8 Å². The van der Waals surface area contributed by atoms with Gasteiger partial charge in [-0.25, -0.2) is 13.1 Å². The Balaban J connectivity index is 1.61. The van der Waals surface area contributed by atoms with Crippen LogP contribution in [0.25, 0.3) is 0 Å². The highest BCUT2D eigenvalue weighted by atomic mass is 35.5. The molecule has 0 aliphatic rings. The Morgan fingerprint density at radius 2 is 1.89 bits per heavy atom. The summed E-state index contributed by atoms with van der Waals surface area (Å²) >= 11 is 7.71. The molecule has 0 bridgehead atoms. The van der Waals surface area contributed by atoms with Gasteiger partial charge in [0.05, 0.1) is 18.0 Å². The van der Waals surface area contributed by atoms with Crippen LogP contribution in [0.1, 0.15) is 14.8 Å². The first kappa shape index (κ1) is 19.7. The Bertz CT molecular complexity index is 1050. The van der Waals surface area contributed by atoms with Crippen molar-refractivity contribution in [1.29, 1.82) is 0 Å². The van der Waals surface area contributed by atoms with Crippen LogP contribution in [0.5, 0.6) is 5.75 Å². The molecule has 0 saturated carbocycles. The number of nitrogens with zero attached hydrogens (tertiary/aromatic N) is 2. The lowest BCUT2D eigenvalue weighted by atomic mass is 10.3. The number of hydrogen-bond acceptors (Lipinski definition) is 8. The standard InChI is InChI=1S/C15H13ClN4O4S3/c1-24-10-4-2-9(3-5-10)18-14(21)15-20-19-12(26-15)8-17-27(22,23)13-7-6-11(16)25-13/h2-7,17H,8H2,1H3,(H,18,21). The number of rotatable bonds is 7. The average Bonchev–Trinajstić information content (AvgIpc) is 3.30. The molecule has 0 unspecified atom stereocenters. The van der Waals surface area contributed by atoms with Crippen molar-refractivity contribution in [3.8, 4) is 5.75 Å². The molecule has 142 valence electrons. The van der Waals surface area contributed by atoms with Gasteiger partial charge in [0, 0.05) is 5.69 Å². The number of benzene rings is 1. The molecule has 3 rings (SSSR count). The molecule has 27 heavy (non-hydrogen) atoms. The predicted octanol–water partition coefficient (Wildman–Crippen LogP) is 2.99. The Morgan fingerprint density at radius 1 is 1.15 bits per heavy atom. The van der Waals surface area contributed by atoms with Crippen LogP contribution in [0, 0.1) is 0 Å². The molecular weight excluding hydrogens is 432 g/mol. The van der Waals surface area contributed by atoms with Crippen molar-refractivity contribution >= 4 is 55.9 Å². The predicted molar refractivity (Wildman–Crippen MR) is 104 cm³/mol. The van der Waals surface area contributed by atoms with Crippen LogP contribution >= 0.6 is 34.3 Å². The molecule has 0 aliphatic heterocycles. The third-order valence-corrected chi connectivity index (χ3v) is 7.28. The van der Waals surface area contributed by atoms with E-state index in [0.717, 1.165) is 22.7 Å². The lowest BCUT2D eigenvalue weighted by molar-refractivity contribution is 0.102. The van der Waals surface area contributed by atoms with Crippen LogP contribution in [-0.4, -0.2) is 31.6 Å². The van der Waals surface area contributed by atoms with E-state index in [2.05, 4.69) is 20.2 Å². The molecule has 12 heteroatoms. The number of amides is 1. The summed E-state index contributed by atoms with van der Waals surface area (Å²) < 4.78 is 32.3. The maximum Gasteiger partial charge on any atom is 0.286 e. The van der Waals surface area contributed by atoms with Gasteiger partial charge in [0.2, 0.25) is 15.0 Å². The van der Waals surface area contributed by atoms with Gasteiger partial charge in [-0.1, -0.05) is 22.9 Å². The Labute approximate surface area is 168 Å². The van der Waals surface area contributed by atoms with Crippen molar-refractivity contribution in [2.45, 2.75) is 10.8 Å². The Morgan fingerprint density at radius 3 is 2.52 bits per heavy atom. The SMILES string of the molecule is COc1ccc(NC(=O)c2nnc(CNS(=O)(=O)c3ccc(Cl)s3)s2)cc1. The second-order valence-corrected chi connectivity index (χ2v) is 9.84. The fourth-order valence-electron chi connectivity index (χ4n) is 1.95. The molecule has 2 N–H and O–H groups in total. The van der Waals surface area contributed by atoms with Gasteiger partial charge in [-0.05, 0) is 36.4 Å². The van der Waals surface area contributed by atoms with Crippen molar-refractivity contribution < 1.29 is 17.9 Å². The summed E-state index contributed by atoms with van der Waals surface area (Å²) in [5.74, 6) is 0.238. The highest BCUT2D eigenvalue weighted by molar-refractivity contribution is 7.91. The van der Waals surface area contributed by atoms with E-state index in [4.69, 9.17) is 16.3 Å². The van der Waals surface area contributed by atoms with Crippen molar-refractivity contribution in [3.63, 3.8) is 0 Å². The Kier molecular flexibility index (Phi) is 6.07. The maximum absolute atomic E-state index is 12.2. The summed E-state index contributed by atoms with van der Waals surface area (Å²) in [7, 11) is -2.14. The number of carbonyl (C=O) groups excluding carboxylic acids is 1. The van der Waals surface area contributed by atoms with Crippen LogP contribution in [-0.2, 0) is 16.6 Å². The number of hydrogen-bond donors (Lipinski definition) is 2. The average molecular weight is 445 g/mol. The van der Waals surface area contributed by atoms with Gasteiger partial charge in [-0.2, -0.15) is 0 Å². The van der Waals surface area contributed by atoms with Gasteiger partial charge >= 0.3 is 0 Å². The van der Waals surface area contributed by atoms with E-state index < -0.39 is 15.9 Å². The van der Waals surface area contributed by atoms with Gasteiger partial charge in [-0.3, -0.25) is 4.79 Å². The number of sulfonamides is 1. The van der Waals surface area contributed by atoms with Crippen molar-refractivity contribution in [3.05, 3.63) is 50.7 Å². The summed E-state index contributed by atoms with van der Waals surface area (Å²) in [5, 5.41) is 10.8. The summed E-state index contributed by atoms with van der Waals surface area (Å²) in [6.07, 6.45) is 0. The summed E-state index contributed by atoms with van der Waals surface area (Å²) in [5.41, 5.74) is 0.577.